The van der Waals surface area contributed by atoms with Crippen LogP contribution in [0.3, 0.4) is 0 Å². The van der Waals surface area contributed by atoms with Crippen molar-refractivity contribution in [1.82, 2.24) is 4.98 Å². The van der Waals surface area contributed by atoms with Gasteiger partial charge in [-0.25, -0.2) is 4.98 Å². The Morgan fingerprint density at radius 3 is 2.31 bits per heavy atom. The molecule has 0 aliphatic heterocycles. The number of nitrogen functional groups attached to an aromatic ring is 1. The number of thiazole rings is 1. The summed E-state index contributed by atoms with van der Waals surface area (Å²) in [7, 11) is 0. The average molecular weight is 242 g/mol. The van der Waals surface area contributed by atoms with E-state index >= 15 is 0 Å². The van der Waals surface area contributed by atoms with E-state index in [4.69, 9.17) is 10.5 Å². The van der Waals surface area contributed by atoms with Crippen LogP contribution < -0.4 is 5.73 Å². The molecule has 0 saturated carbocycles. The minimum absolute atomic E-state index is 0.287. The molecule has 0 aromatic carbocycles. The van der Waals surface area contributed by atoms with Crippen LogP contribution in [0.25, 0.3) is 0 Å². The molecule has 0 saturated heterocycles. The van der Waals surface area contributed by atoms with Gasteiger partial charge in [-0.2, -0.15) is 0 Å². The van der Waals surface area contributed by atoms with Crippen molar-refractivity contribution < 1.29 is 9.53 Å². The summed E-state index contributed by atoms with van der Waals surface area (Å²) >= 11 is 1.33. The topological polar surface area (TPSA) is 65.2 Å². The van der Waals surface area contributed by atoms with Crippen LogP contribution >= 0.6 is 11.3 Å². The zero-order valence-electron chi connectivity index (χ0n) is 10.3. The first-order chi connectivity index (χ1) is 7.13. The normalized spacial score (nSPS) is 12.6. The smallest absolute Gasteiger partial charge is 0.318 e. The van der Waals surface area contributed by atoms with Crippen molar-refractivity contribution in [1.29, 1.82) is 0 Å². The Morgan fingerprint density at radius 1 is 1.38 bits per heavy atom. The predicted molar refractivity (Wildman–Crippen MR) is 65.4 cm³/mol. The molecule has 2 N–H and O–H groups in total. The van der Waals surface area contributed by atoms with E-state index in [0.717, 1.165) is 0 Å². The van der Waals surface area contributed by atoms with Gasteiger partial charge in [0.2, 0.25) is 0 Å². The fourth-order valence-electron chi connectivity index (χ4n) is 1.08. The van der Waals surface area contributed by atoms with E-state index < -0.39 is 11.0 Å². The highest BCUT2D eigenvalue weighted by Crippen LogP contribution is 2.28. The second-order valence-corrected chi connectivity index (χ2v) is 6.09. The van der Waals surface area contributed by atoms with Crippen LogP contribution in [0, 0.1) is 0 Å². The van der Waals surface area contributed by atoms with Crippen molar-refractivity contribution in [2.45, 2.75) is 45.6 Å². The van der Waals surface area contributed by atoms with Gasteiger partial charge in [-0.3, -0.25) is 4.79 Å². The third-order valence-electron chi connectivity index (χ3n) is 2.07. The lowest BCUT2D eigenvalue weighted by molar-refractivity contribution is -0.161. The molecule has 5 heteroatoms. The number of carbonyl (C=O) groups excluding carboxylic acids is 1. The number of esters is 1. The molecule has 1 heterocycles. The van der Waals surface area contributed by atoms with Crippen molar-refractivity contribution in [2.75, 3.05) is 5.73 Å². The Balaban J connectivity index is 2.90. The molecule has 0 radical (unpaired) electrons. The van der Waals surface area contributed by atoms with Gasteiger partial charge in [0.15, 0.2) is 5.13 Å². The molecule has 0 unspecified atom stereocenters. The number of aromatic nitrogens is 1. The number of nitrogens with zero attached hydrogens (tertiary/aromatic N) is 1. The van der Waals surface area contributed by atoms with Crippen LogP contribution in [0.4, 0.5) is 5.13 Å². The number of anilines is 1. The molecule has 4 nitrogen and oxygen atoms in total. The van der Waals surface area contributed by atoms with Gasteiger partial charge in [0.05, 0.1) is 5.69 Å². The van der Waals surface area contributed by atoms with Gasteiger partial charge in [0.1, 0.15) is 11.0 Å². The lowest BCUT2D eigenvalue weighted by atomic mass is 9.90. The zero-order valence-corrected chi connectivity index (χ0v) is 11.1. The lowest BCUT2D eigenvalue weighted by Gasteiger charge is -2.27. The number of rotatable bonds is 2. The Bertz CT molecular complexity index is 391. The highest BCUT2D eigenvalue weighted by molar-refractivity contribution is 7.13. The van der Waals surface area contributed by atoms with Crippen molar-refractivity contribution in [3.63, 3.8) is 0 Å². The van der Waals surface area contributed by atoms with Gasteiger partial charge >= 0.3 is 5.97 Å². The Labute approximate surface area is 99.8 Å². The van der Waals surface area contributed by atoms with E-state index in [1.807, 2.05) is 20.8 Å². The van der Waals surface area contributed by atoms with Crippen LogP contribution in [-0.2, 0) is 14.9 Å². The second kappa shape index (κ2) is 4.05. The maximum Gasteiger partial charge on any atom is 0.318 e. The van der Waals surface area contributed by atoms with Crippen molar-refractivity contribution in [2.24, 2.45) is 0 Å². The molecule has 16 heavy (non-hydrogen) atoms. The molecule has 0 bridgehead atoms. The molecular formula is C11H18N2O2S. The summed E-state index contributed by atoms with van der Waals surface area (Å²) in [6, 6.07) is 0. The quantitative estimate of drug-likeness (QED) is 0.808. The Hall–Kier alpha value is -1.10. The van der Waals surface area contributed by atoms with Gasteiger partial charge in [0, 0.05) is 5.38 Å². The second-order valence-electron chi connectivity index (χ2n) is 5.20. The van der Waals surface area contributed by atoms with Gasteiger partial charge < -0.3 is 10.5 Å². The molecule has 90 valence electrons. The Kier molecular flexibility index (Phi) is 3.28. The summed E-state index contributed by atoms with van der Waals surface area (Å²) in [5, 5.41) is 2.26. The van der Waals surface area contributed by atoms with Crippen LogP contribution in [0.1, 0.15) is 40.3 Å². The summed E-state index contributed by atoms with van der Waals surface area (Å²) in [4.78, 5) is 16.1. The summed E-state index contributed by atoms with van der Waals surface area (Å²) in [6.07, 6.45) is 0. The number of nitrogens with two attached hydrogens (primary N) is 1. The Morgan fingerprint density at radius 2 is 1.94 bits per heavy atom. The molecular weight excluding hydrogens is 224 g/mol. The van der Waals surface area contributed by atoms with Crippen LogP contribution in [0.5, 0.6) is 0 Å². The highest BCUT2D eigenvalue weighted by Gasteiger charge is 2.36. The number of ether oxygens (including phenoxy) is 1. The van der Waals surface area contributed by atoms with Crippen LogP contribution in [-0.4, -0.2) is 16.6 Å². The van der Waals surface area contributed by atoms with Gasteiger partial charge in [-0.1, -0.05) is 0 Å². The van der Waals surface area contributed by atoms with Crippen molar-refractivity contribution in [3.05, 3.63) is 11.1 Å². The van der Waals surface area contributed by atoms with E-state index in [0.29, 0.717) is 10.8 Å². The molecule has 1 aromatic heterocycles. The standard InChI is InChI=1S/C11H18N2O2S/c1-10(2,3)15-8(14)11(4,5)7-6-16-9(12)13-7/h6H,1-5H3,(H2,12,13). The van der Waals surface area contributed by atoms with E-state index in [1.165, 1.54) is 11.3 Å². The predicted octanol–water partition coefficient (Wildman–Crippen LogP) is 2.34. The fraction of sp³-hybridized carbons (Fsp3) is 0.636. The molecule has 1 aromatic rings. The van der Waals surface area contributed by atoms with E-state index in [-0.39, 0.29) is 5.97 Å². The largest absolute Gasteiger partial charge is 0.459 e. The maximum absolute atomic E-state index is 12.0. The number of hydrogen-bond acceptors (Lipinski definition) is 5. The van der Waals surface area contributed by atoms with E-state index in [2.05, 4.69) is 4.98 Å². The summed E-state index contributed by atoms with van der Waals surface area (Å²) < 4.78 is 5.35. The lowest BCUT2D eigenvalue weighted by Crippen LogP contribution is -2.37. The molecule has 0 aliphatic carbocycles. The first-order valence-electron chi connectivity index (χ1n) is 5.08. The summed E-state index contributed by atoms with van der Waals surface area (Å²) in [6.45, 7) is 9.11. The van der Waals surface area contributed by atoms with Gasteiger partial charge in [0.25, 0.3) is 0 Å². The van der Waals surface area contributed by atoms with Crippen LogP contribution in [0.15, 0.2) is 5.38 Å². The number of hydrogen-bond donors (Lipinski definition) is 1. The SMILES string of the molecule is CC(C)(C)OC(=O)C(C)(C)c1csc(N)n1. The van der Waals surface area contributed by atoms with Crippen LogP contribution in [0.2, 0.25) is 0 Å². The van der Waals surface area contributed by atoms with E-state index in [1.54, 1.807) is 19.2 Å². The fourth-order valence-corrected chi connectivity index (χ4v) is 1.82. The molecule has 0 spiro atoms. The molecule has 1 rings (SSSR count). The molecule has 0 amide bonds. The third kappa shape index (κ3) is 2.95. The minimum Gasteiger partial charge on any atom is -0.459 e. The third-order valence-corrected chi connectivity index (χ3v) is 2.75. The first kappa shape index (κ1) is 13.0. The summed E-state index contributed by atoms with van der Waals surface area (Å²) in [5.41, 5.74) is 4.96. The van der Waals surface area contributed by atoms with E-state index in [9.17, 15) is 4.79 Å². The number of carbonyl (C=O) groups is 1. The molecule has 0 atom stereocenters. The highest BCUT2D eigenvalue weighted by atomic mass is 32.1. The minimum atomic E-state index is -0.763. The monoisotopic (exact) mass is 242 g/mol. The first-order valence-corrected chi connectivity index (χ1v) is 5.96. The summed E-state index contributed by atoms with van der Waals surface area (Å²) in [5.74, 6) is -0.287. The maximum atomic E-state index is 12.0. The van der Waals surface area contributed by atoms with Crippen molar-refractivity contribution >= 4 is 22.4 Å². The van der Waals surface area contributed by atoms with Gasteiger partial charge in [-0.15, -0.1) is 11.3 Å². The molecule has 0 aliphatic rings. The zero-order chi connectivity index (χ0) is 12.6. The molecule has 0 fully saturated rings. The average Bonchev–Trinajstić information content (AvgIpc) is 2.48. The van der Waals surface area contributed by atoms with Crippen molar-refractivity contribution in [3.8, 4) is 0 Å². The van der Waals surface area contributed by atoms with Gasteiger partial charge in [-0.05, 0) is 34.6 Å².